The lowest BCUT2D eigenvalue weighted by atomic mass is 9.53. The van der Waals surface area contributed by atoms with Crippen LogP contribution in [0, 0.1) is 10.8 Å². The summed E-state index contributed by atoms with van der Waals surface area (Å²) >= 11 is 0. The Balaban J connectivity index is 1.45. The van der Waals surface area contributed by atoms with Gasteiger partial charge in [0.1, 0.15) is 0 Å². The average molecular weight is 359 g/mol. The van der Waals surface area contributed by atoms with E-state index in [1.807, 2.05) is 0 Å². The fourth-order valence-electron chi connectivity index (χ4n) is 4.47. The Labute approximate surface area is 150 Å². The van der Waals surface area contributed by atoms with Crippen molar-refractivity contribution in [3.05, 3.63) is 12.0 Å². The van der Waals surface area contributed by atoms with Crippen molar-refractivity contribution in [1.29, 1.82) is 0 Å². The number of nitrogens with zero attached hydrogens (tertiary/aromatic N) is 2. The second-order valence-corrected chi connectivity index (χ2v) is 7.56. The summed E-state index contributed by atoms with van der Waals surface area (Å²) in [6.45, 7) is 0.578. The molecule has 0 spiro atoms. The SMILES string of the molecule is COC(=O)C12CCC(CNC(=O)c3nc[nH+]c4c(N)n[nH]c34)(CC1)CC2. The van der Waals surface area contributed by atoms with E-state index in [4.69, 9.17) is 10.5 Å². The van der Waals surface area contributed by atoms with E-state index in [2.05, 4.69) is 25.5 Å². The number of hydrogen-bond donors (Lipinski definition) is 3. The van der Waals surface area contributed by atoms with Crippen LogP contribution >= 0.6 is 0 Å². The van der Waals surface area contributed by atoms with Gasteiger partial charge in [0.25, 0.3) is 17.9 Å². The monoisotopic (exact) mass is 359 g/mol. The molecule has 138 valence electrons. The molecular weight excluding hydrogens is 336 g/mol. The number of rotatable bonds is 4. The molecule has 9 heteroatoms. The number of anilines is 1. The van der Waals surface area contributed by atoms with Crippen LogP contribution in [-0.4, -0.2) is 40.7 Å². The first-order valence-electron chi connectivity index (χ1n) is 8.86. The minimum Gasteiger partial charge on any atom is -0.469 e. The summed E-state index contributed by atoms with van der Waals surface area (Å²) in [5, 5.41) is 9.69. The maximum Gasteiger partial charge on any atom is 0.311 e. The van der Waals surface area contributed by atoms with Crippen molar-refractivity contribution in [2.75, 3.05) is 19.4 Å². The predicted octanol–water partition coefficient (Wildman–Crippen LogP) is 0.598. The highest BCUT2D eigenvalue weighted by Gasteiger charge is 2.53. The first-order chi connectivity index (χ1) is 12.5. The molecule has 2 aromatic rings. The van der Waals surface area contributed by atoms with Crippen molar-refractivity contribution in [3.8, 4) is 0 Å². The Hall–Kier alpha value is -2.71. The lowest BCUT2D eigenvalue weighted by Gasteiger charge is -2.51. The molecule has 3 aliphatic carbocycles. The smallest absolute Gasteiger partial charge is 0.311 e. The van der Waals surface area contributed by atoms with Gasteiger partial charge in [0.2, 0.25) is 0 Å². The van der Waals surface area contributed by atoms with Crippen molar-refractivity contribution in [3.63, 3.8) is 0 Å². The van der Waals surface area contributed by atoms with Crippen LogP contribution in [0.5, 0.6) is 0 Å². The second-order valence-electron chi connectivity index (χ2n) is 7.56. The third-order valence-electron chi connectivity index (χ3n) is 6.29. The van der Waals surface area contributed by atoms with Gasteiger partial charge in [0.15, 0.2) is 16.9 Å². The van der Waals surface area contributed by atoms with Gasteiger partial charge in [-0.3, -0.25) is 14.7 Å². The Morgan fingerprint density at radius 2 is 2.00 bits per heavy atom. The number of aromatic amines is 2. The van der Waals surface area contributed by atoms with Gasteiger partial charge in [-0.25, -0.2) is 4.98 Å². The molecule has 2 bridgehead atoms. The van der Waals surface area contributed by atoms with Crippen LogP contribution < -0.4 is 16.0 Å². The molecule has 0 radical (unpaired) electrons. The summed E-state index contributed by atoms with van der Waals surface area (Å²) in [6.07, 6.45) is 6.69. The van der Waals surface area contributed by atoms with E-state index >= 15 is 0 Å². The number of fused-ring (bicyclic) bond motifs is 4. The Kier molecular flexibility index (Phi) is 3.82. The number of H-pyrrole nitrogens is 2. The summed E-state index contributed by atoms with van der Waals surface area (Å²) < 4.78 is 5.00. The summed E-state index contributed by atoms with van der Waals surface area (Å²) in [5.41, 5.74) is 6.85. The van der Waals surface area contributed by atoms with Crippen LogP contribution in [0.25, 0.3) is 11.0 Å². The lowest BCUT2D eigenvalue weighted by Crippen LogP contribution is -2.50. The zero-order valence-electron chi connectivity index (χ0n) is 14.7. The van der Waals surface area contributed by atoms with E-state index < -0.39 is 0 Å². The van der Waals surface area contributed by atoms with E-state index in [9.17, 15) is 9.59 Å². The van der Waals surface area contributed by atoms with Gasteiger partial charge >= 0.3 is 5.97 Å². The number of hydrogen-bond acceptors (Lipinski definition) is 6. The van der Waals surface area contributed by atoms with Crippen molar-refractivity contribution >= 4 is 28.7 Å². The topological polar surface area (TPSA) is 137 Å². The van der Waals surface area contributed by atoms with Gasteiger partial charge in [-0.05, 0) is 48.9 Å². The highest BCUT2D eigenvalue weighted by molar-refractivity contribution is 6.03. The number of carbonyl (C=O) groups is 2. The van der Waals surface area contributed by atoms with E-state index in [0.717, 1.165) is 38.5 Å². The van der Waals surface area contributed by atoms with Crippen LogP contribution in [0.4, 0.5) is 5.82 Å². The molecule has 0 aliphatic heterocycles. The minimum absolute atomic E-state index is 0.0540. The highest BCUT2D eigenvalue weighted by atomic mass is 16.5. The van der Waals surface area contributed by atoms with Crippen molar-refractivity contribution < 1.29 is 19.3 Å². The second kappa shape index (κ2) is 5.93. The summed E-state index contributed by atoms with van der Waals surface area (Å²) in [7, 11) is 1.46. The molecule has 5 N–H and O–H groups in total. The average Bonchev–Trinajstić information content (AvgIpc) is 3.08. The van der Waals surface area contributed by atoms with Crippen LogP contribution in [0.2, 0.25) is 0 Å². The molecule has 1 amide bonds. The standard InChI is InChI=1S/C17H22N6O3/c1-26-15(25)17-5-2-16(3-6-17,4-7-17)8-19-14(24)12-10-11(20-9-21-12)13(18)23-22-10/h9H,2-8H2,1H3,(H,19,24)(H3,18,22,23)/p+1. The lowest BCUT2D eigenvalue weighted by molar-refractivity contribution is -0.349. The molecule has 2 heterocycles. The summed E-state index contributed by atoms with van der Waals surface area (Å²) in [5.74, 6) is -0.0371. The van der Waals surface area contributed by atoms with Crippen LogP contribution in [0.1, 0.15) is 49.0 Å². The molecule has 26 heavy (non-hydrogen) atoms. The van der Waals surface area contributed by atoms with Crippen molar-refractivity contribution in [2.45, 2.75) is 38.5 Å². The van der Waals surface area contributed by atoms with Gasteiger partial charge in [-0.2, -0.15) is 5.10 Å². The predicted molar refractivity (Wildman–Crippen MR) is 91.8 cm³/mol. The molecule has 9 nitrogen and oxygen atoms in total. The number of nitrogens with two attached hydrogens (primary N) is 1. The molecule has 2 aromatic heterocycles. The Morgan fingerprint density at radius 1 is 1.31 bits per heavy atom. The molecule has 5 rings (SSSR count). The minimum atomic E-state index is -0.309. The maximum atomic E-state index is 12.6. The highest BCUT2D eigenvalue weighted by Crippen LogP contribution is 2.57. The molecule has 3 saturated carbocycles. The van der Waals surface area contributed by atoms with Crippen molar-refractivity contribution in [1.82, 2.24) is 20.5 Å². The first-order valence-corrected chi connectivity index (χ1v) is 8.86. The largest absolute Gasteiger partial charge is 0.469 e. The van der Waals surface area contributed by atoms with E-state index in [0.29, 0.717) is 23.4 Å². The normalized spacial score (nSPS) is 27.4. The number of esters is 1. The molecule has 0 unspecified atom stereocenters. The Morgan fingerprint density at radius 3 is 2.65 bits per heavy atom. The number of carbonyl (C=O) groups excluding carboxylic acids is 2. The molecule has 0 atom stereocenters. The van der Waals surface area contributed by atoms with E-state index in [1.165, 1.54) is 13.4 Å². The summed E-state index contributed by atoms with van der Waals surface area (Å²) in [6, 6.07) is 0. The third-order valence-corrected chi connectivity index (χ3v) is 6.29. The number of ether oxygens (including phenoxy) is 1. The van der Waals surface area contributed by atoms with Gasteiger partial charge in [0.05, 0.1) is 12.5 Å². The molecule has 0 aromatic carbocycles. The number of nitrogen functional groups attached to an aromatic ring is 1. The quantitative estimate of drug-likeness (QED) is 0.684. The summed E-state index contributed by atoms with van der Waals surface area (Å²) in [4.78, 5) is 31.8. The molecule has 3 aliphatic rings. The van der Waals surface area contributed by atoms with Gasteiger partial charge in [-0.1, -0.05) is 0 Å². The zero-order valence-corrected chi connectivity index (χ0v) is 14.7. The van der Waals surface area contributed by atoms with Gasteiger partial charge in [-0.15, -0.1) is 0 Å². The fourth-order valence-corrected chi connectivity index (χ4v) is 4.47. The first kappa shape index (κ1) is 16.7. The maximum absolute atomic E-state index is 12.6. The van der Waals surface area contributed by atoms with E-state index in [1.54, 1.807) is 0 Å². The molecular formula is C17H23N6O3+. The molecule has 0 saturated heterocycles. The number of aromatic nitrogens is 4. The van der Waals surface area contributed by atoms with Gasteiger partial charge < -0.3 is 15.8 Å². The third kappa shape index (κ3) is 2.49. The van der Waals surface area contributed by atoms with Crippen LogP contribution in [0.3, 0.4) is 0 Å². The molecule has 3 fully saturated rings. The van der Waals surface area contributed by atoms with Crippen LogP contribution in [0.15, 0.2) is 6.33 Å². The number of methoxy groups -OCH3 is 1. The van der Waals surface area contributed by atoms with Crippen LogP contribution in [-0.2, 0) is 9.53 Å². The number of amides is 1. The zero-order chi connectivity index (χ0) is 18.4. The van der Waals surface area contributed by atoms with Gasteiger partial charge in [0, 0.05) is 6.54 Å². The Bertz CT molecular complexity index is 852. The number of nitrogens with one attached hydrogen (secondary N) is 3. The van der Waals surface area contributed by atoms with Crippen molar-refractivity contribution in [2.24, 2.45) is 10.8 Å². The van der Waals surface area contributed by atoms with E-state index in [-0.39, 0.29) is 28.4 Å². The fraction of sp³-hybridized carbons (Fsp3) is 0.588.